The number of benzene rings is 2. The lowest BCUT2D eigenvalue weighted by molar-refractivity contribution is 0.0456. The van der Waals surface area contributed by atoms with Crippen molar-refractivity contribution in [3.63, 3.8) is 0 Å². The molecule has 2 bridgehead atoms. The van der Waals surface area contributed by atoms with Crippen molar-refractivity contribution in [2.24, 2.45) is 23.7 Å². The zero-order valence-electron chi connectivity index (χ0n) is 27.3. The van der Waals surface area contributed by atoms with Gasteiger partial charge >= 0.3 is 0 Å². The van der Waals surface area contributed by atoms with Crippen molar-refractivity contribution in [2.45, 2.75) is 107 Å². The Morgan fingerprint density at radius 3 is 2.70 bits per heavy atom. The van der Waals surface area contributed by atoms with Crippen LogP contribution in [0.4, 0.5) is 5.69 Å². The van der Waals surface area contributed by atoms with Gasteiger partial charge in [-0.25, -0.2) is 8.42 Å². The molecule has 2 aromatic rings. The number of sulfonamides is 1. The predicted octanol–water partition coefficient (Wildman–Crippen LogP) is 7.30. The van der Waals surface area contributed by atoms with Crippen LogP contribution in [0.25, 0.3) is 0 Å². The zero-order chi connectivity index (χ0) is 31.9. The minimum absolute atomic E-state index is 0.0300. The number of aliphatic hydroxyl groups is 1. The molecule has 2 aliphatic heterocycles. The fourth-order valence-electron chi connectivity index (χ4n) is 9.14. The molecule has 2 heterocycles. The number of nitrogens with one attached hydrogen (secondary N) is 1. The largest absolute Gasteiger partial charge is 0.389 e. The minimum Gasteiger partial charge on any atom is -0.389 e. The average molecular weight is 667 g/mol. The second kappa shape index (κ2) is 13.5. The van der Waals surface area contributed by atoms with Crippen molar-refractivity contribution < 1.29 is 18.3 Å². The summed E-state index contributed by atoms with van der Waals surface area (Å²) >= 11 is 6.47. The molecular weight excluding hydrogens is 616 g/mol. The average Bonchev–Trinajstić information content (AvgIpc) is 3.13. The number of halogens is 1. The maximum Gasteiger partial charge on any atom is 0.216 e. The fraction of sp³-hybridized carbons (Fsp3) is 0.632. The van der Waals surface area contributed by atoms with Crippen LogP contribution in [0.2, 0.25) is 5.02 Å². The quantitative estimate of drug-likeness (QED) is 0.329. The number of nitrogens with zero attached hydrogens (tertiary/aromatic N) is 1. The monoisotopic (exact) mass is 666 g/mol. The number of aryl methyl sites for hydroxylation is 2. The maximum absolute atomic E-state index is 13.6. The van der Waals surface area contributed by atoms with Gasteiger partial charge in [-0.05, 0) is 122 Å². The number of anilines is 1. The van der Waals surface area contributed by atoms with Gasteiger partial charge in [0.1, 0.15) is 6.73 Å². The van der Waals surface area contributed by atoms with Gasteiger partial charge in [0.25, 0.3) is 0 Å². The zero-order valence-corrected chi connectivity index (χ0v) is 28.9. The molecule has 7 rings (SSSR count). The van der Waals surface area contributed by atoms with Crippen LogP contribution >= 0.6 is 11.6 Å². The van der Waals surface area contributed by atoms with Gasteiger partial charge in [-0.3, -0.25) is 0 Å². The number of allylic oxidation sites excluding steroid dienone is 1. The Morgan fingerprint density at radius 2 is 1.91 bits per heavy atom. The fourth-order valence-corrected chi connectivity index (χ4v) is 11.0. The molecule has 8 heteroatoms. The number of aliphatic hydroxyl groups excluding tert-OH is 1. The van der Waals surface area contributed by atoms with E-state index in [0.29, 0.717) is 31.3 Å². The number of hydrogen-bond acceptors (Lipinski definition) is 5. The highest BCUT2D eigenvalue weighted by molar-refractivity contribution is 7.90. The first-order valence-electron chi connectivity index (χ1n) is 17.8. The molecule has 3 aliphatic carbocycles. The van der Waals surface area contributed by atoms with E-state index in [9.17, 15) is 13.5 Å². The highest BCUT2D eigenvalue weighted by atomic mass is 35.5. The lowest BCUT2D eigenvalue weighted by Gasteiger charge is -2.46. The van der Waals surface area contributed by atoms with E-state index in [0.717, 1.165) is 68.6 Å². The van der Waals surface area contributed by atoms with E-state index < -0.39 is 21.4 Å². The summed E-state index contributed by atoms with van der Waals surface area (Å²) < 4.78 is 35.9. The molecule has 5 aliphatic rings. The summed E-state index contributed by atoms with van der Waals surface area (Å²) in [7, 11) is -3.56. The van der Waals surface area contributed by atoms with E-state index in [1.54, 1.807) is 0 Å². The molecule has 0 amide bonds. The third-order valence-electron chi connectivity index (χ3n) is 12.3. The Balaban J connectivity index is 1.19. The number of rotatable bonds is 2. The molecule has 1 spiro atoms. The molecule has 0 radical (unpaired) electrons. The van der Waals surface area contributed by atoms with Crippen molar-refractivity contribution in [3.8, 4) is 0 Å². The lowest BCUT2D eigenvalue weighted by atomic mass is 9.66. The van der Waals surface area contributed by atoms with Gasteiger partial charge in [0.2, 0.25) is 10.0 Å². The third-order valence-corrected chi connectivity index (χ3v) is 14.5. The molecule has 0 aromatic heterocycles. The topological polar surface area (TPSA) is 78.9 Å². The Kier molecular flexibility index (Phi) is 9.61. The number of ether oxygens (including phenoxy) is 1. The normalized spacial score (nSPS) is 34.2. The van der Waals surface area contributed by atoms with E-state index in [1.807, 2.05) is 19.1 Å². The van der Waals surface area contributed by atoms with Crippen LogP contribution in [0.5, 0.6) is 0 Å². The van der Waals surface area contributed by atoms with Gasteiger partial charge in [-0.2, -0.15) is 4.72 Å². The van der Waals surface area contributed by atoms with E-state index in [-0.39, 0.29) is 24.0 Å². The maximum atomic E-state index is 13.6. The standard InChI is InChI=1S/C38H51ClN2O4S/c1-26-5-2-9-36(42)33-14-12-31(33)22-41-24-38(17-4-8-30-21-32(39)13-15-34(30)38)18-16-29-11-10-28(19-35(29)41)23-45-25-40-46(43,44)37(26)20-27-6-3-7-27/h2,9-11,13,15,19,21,26-27,31,33,36-37,40,42H,3-8,12,14,16-18,20,22-25H2,1H3/b9-2+/t26-,31-,33+,36-,37?,38+/m0/s1. The Labute approximate surface area is 281 Å². The second-order valence-electron chi connectivity index (χ2n) is 15.2. The molecule has 46 heavy (non-hydrogen) atoms. The highest BCUT2D eigenvalue weighted by Crippen LogP contribution is 2.47. The molecule has 2 aromatic carbocycles. The van der Waals surface area contributed by atoms with Crippen LogP contribution in [0.1, 0.15) is 93.4 Å². The van der Waals surface area contributed by atoms with Crippen molar-refractivity contribution in [1.82, 2.24) is 4.72 Å². The SMILES string of the molecule is C[C@H]1C/C=C/[C@H](O)[C@@H]2CC[C@H]2CN2C[C@@]3(CCCc4cc(Cl)ccc43)CCc3ccc(cc32)COCNS(=O)(=O)C1CC1CCC1. The second-order valence-corrected chi connectivity index (χ2v) is 17.6. The molecule has 2 N–H and O–H groups in total. The molecule has 250 valence electrons. The van der Waals surface area contributed by atoms with Gasteiger partial charge in [0, 0.05) is 29.2 Å². The van der Waals surface area contributed by atoms with Crippen molar-refractivity contribution in [1.29, 1.82) is 0 Å². The van der Waals surface area contributed by atoms with Gasteiger partial charge in [-0.1, -0.05) is 68.1 Å². The molecule has 6 nitrogen and oxygen atoms in total. The van der Waals surface area contributed by atoms with Gasteiger partial charge < -0.3 is 14.7 Å². The summed E-state index contributed by atoms with van der Waals surface area (Å²) in [6, 6.07) is 13.2. The van der Waals surface area contributed by atoms with Crippen LogP contribution < -0.4 is 9.62 Å². The number of hydrogen-bond donors (Lipinski definition) is 2. The van der Waals surface area contributed by atoms with Crippen molar-refractivity contribution >= 4 is 27.3 Å². The minimum atomic E-state index is -3.56. The first-order chi connectivity index (χ1) is 22.2. The summed E-state index contributed by atoms with van der Waals surface area (Å²) in [5.41, 5.74) is 6.61. The first-order valence-corrected chi connectivity index (χ1v) is 19.7. The van der Waals surface area contributed by atoms with Gasteiger partial charge in [-0.15, -0.1) is 0 Å². The van der Waals surface area contributed by atoms with E-state index in [2.05, 4.69) is 46.0 Å². The summed E-state index contributed by atoms with van der Waals surface area (Å²) in [6.45, 7) is 4.25. The summed E-state index contributed by atoms with van der Waals surface area (Å²) in [6.07, 6.45) is 15.9. The lowest BCUT2D eigenvalue weighted by Crippen LogP contribution is -2.48. The Hall–Kier alpha value is -1.90. The molecule has 2 fully saturated rings. The summed E-state index contributed by atoms with van der Waals surface area (Å²) in [4.78, 5) is 2.63. The highest BCUT2D eigenvalue weighted by Gasteiger charge is 2.43. The molecule has 2 saturated carbocycles. The molecule has 0 saturated heterocycles. The van der Waals surface area contributed by atoms with Crippen molar-refractivity contribution in [3.05, 3.63) is 75.8 Å². The van der Waals surface area contributed by atoms with Crippen LogP contribution in [0, 0.1) is 23.7 Å². The van der Waals surface area contributed by atoms with E-state index in [1.165, 1.54) is 41.6 Å². The summed E-state index contributed by atoms with van der Waals surface area (Å²) in [5.74, 6) is 1.06. The molecule has 6 atom stereocenters. The first kappa shape index (κ1) is 32.6. The van der Waals surface area contributed by atoms with Crippen LogP contribution in [-0.2, 0) is 39.6 Å². The Bertz CT molecular complexity index is 1540. The molecule has 1 unspecified atom stereocenters. The van der Waals surface area contributed by atoms with E-state index >= 15 is 0 Å². The molecular formula is C38H51ClN2O4S. The van der Waals surface area contributed by atoms with Gasteiger partial charge in [0.05, 0.1) is 18.0 Å². The summed E-state index contributed by atoms with van der Waals surface area (Å²) in [5, 5.41) is 11.7. The smallest absolute Gasteiger partial charge is 0.216 e. The van der Waals surface area contributed by atoms with Crippen LogP contribution in [-0.4, -0.2) is 44.7 Å². The number of fused-ring (bicyclic) bond motifs is 4. The van der Waals surface area contributed by atoms with Crippen LogP contribution in [0.3, 0.4) is 0 Å². The van der Waals surface area contributed by atoms with E-state index in [4.69, 9.17) is 16.3 Å². The van der Waals surface area contributed by atoms with Gasteiger partial charge in [0.15, 0.2) is 0 Å². The van der Waals surface area contributed by atoms with Crippen molar-refractivity contribution in [2.75, 3.05) is 24.7 Å². The van der Waals surface area contributed by atoms with Crippen LogP contribution in [0.15, 0.2) is 48.6 Å². The Morgan fingerprint density at radius 1 is 1.04 bits per heavy atom. The third kappa shape index (κ3) is 6.69. The predicted molar refractivity (Wildman–Crippen MR) is 186 cm³/mol.